The molecule has 0 aliphatic heterocycles. The maximum atomic E-state index is 12.2. The fourth-order valence-corrected chi connectivity index (χ4v) is 3.27. The van der Waals surface area contributed by atoms with Crippen molar-refractivity contribution in [2.75, 3.05) is 4.72 Å². The van der Waals surface area contributed by atoms with E-state index in [2.05, 4.69) is 20.7 Å². The number of carbonyl (C=O) groups is 1. The van der Waals surface area contributed by atoms with Gasteiger partial charge in [-0.25, -0.2) is 13.2 Å². The minimum atomic E-state index is -3.84. The number of sulfonamides is 1. The highest BCUT2D eigenvalue weighted by Gasteiger charge is 2.18. The van der Waals surface area contributed by atoms with E-state index in [1.165, 1.54) is 30.3 Å². The summed E-state index contributed by atoms with van der Waals surface area (Å²) in [7, 11) is -3.84. The highest BCUT2D eigenvalue weighted by Crippen LogP contribution is 2.22. The summed E-state index contributed by atoms with van der Waals surface area (Å²) in [5, 5.41) is 9.03. The van der Waals surface area contributed by atoms with Crippen molar-refractivity contribution in [2.24, 2.45) is 0 Å². The number of hydrogen-bond acceptors (Lipinski definition) is 3. The number of carboxylic acids is 1. The molecule has 0 saturated carbocycles. The molecule has 0 atom stereocenters. The van der Waals surface area contributed by atoms with Gasteiger partial charge in [0.2, 0.25) is 0 Å². The van der Waals surface area contributed by atoms with E-state index in [1.54, 1.807) is 18.2 Å². The number of hydrogen-bond donors (Lipinski definition) is 2. The molecular formula is C13H10BrNO4S. The normalized spacial score (nSPS) is 11.1. The van der Waals surface area contributed by atoms with Gasteiger partial charge in [-0.15, -0.1) is 0 Å². The minimum Gasteiger partial charge on any atom is -0.478 e. The van der Waals surface area contributed by atoms with Gasteiger partial charge >= 0.3 is 5.97 Å². The van der Waals surface area contributed by atoms with Crippen LogP contribution in [0.15, 0.2) is 57.9 Å². The number of rotatable bonds is 4. The van der Waals surface area contributed by atoms with Crippen LogP contribution >= 0.6 is 15.9 Å². The Bertz CT molecular complexity index is 758. The molecule has 0 bridgehead atoms. The fraction of sp³-hybridized carbons (Fsp3) is 0. The third kappa shape index (κ3) is 3.17. The molecule has 2 aromatic rings. The molecule has 104 valence electrons. The zero-order valence-corrected chi connectivity index (χ0v) is 12.5. The van der Waals surface area contributed by atoms with E-state index in [9.17, 15) is 13.2 Å². The average molecular weight is 356 g/mol. The van der Waals surface area contributed by atoms with Gasteiger partial charge in [0.1, 0.15) is 0 Å². The lowest BCUT2D eigenvalue weighted by Gasteiger charge is -2.10. The first-order valence-corrected chi connectivity index (χ1v) is 7.78. The summed E-state index contributed by atoms with van der Waals surface area (Å²) >= 11 is 3.19. The van der Waals surface area contributed by atoms with Crippen LogP contribution in [0.5, 0.6) is 0 Å². The molecule has 0 spiro atoms. The van der Waals surface area contributed by atoms with Crippen molar-refractivity contribution in [3.05, 3.63) is 58.6 Å². The Hall–Kier alpha value is -1.86. The van der Waals surface area contributed by atoms with E-state index in [0.29, 0.717) is 4.47 Å². The van der Waals surface area contributed by atoms with Crippen LogP contribution in [0, 0.1) is 0 Å². The van der Waals surface area contributed by atoms with Crippen LogP contribution in [0.4, 0.5) is 5.69 Å². The third-order valence-corrected chi connectivity index (χ3v) is 4.36. The van der Waals surface area contributed by atoms with Crippen LogP contribution in [0.25, 0.3) is 0 Å². The van der Waals surface area contributed by atoms with Crippen molar-refractivity contribution in [1.82, 2.24) is 0 Å². The number of nitrogens with one attached hydrogen (secondary N) is 1. The van der Waals surface area contributed by atoms with Crippen LogP contribution in [0.3, 0.4) is 0 Å². The van der Waals surface area contributed by atoms with E-state index < -0.39 is 16.0 Å². The van der Waals surface area contributed by atoms with Crippen molar-refractivity contribution in [3.8, 4) is 0 Å². The lowest BCUT2D eigenvalue weighted by molar-refractivity contribution is 0.0698. The molecule has 2 aromatic carbocycles. The molecule has 0 aromatic heterocycles. The van der Waals surface area contributed by atoms with Gasteiger partial charge in [0.15, 0.2) is 0 Å². The summed E-state index contributed by atoms with van der Waals surface area (Å²) < 4.78 is 27.3. The van der Waals surface area contributed by atoms with Gasteiger partial charge in [-0.1, -0.05) is 34.1 Å². The second-order valence-corrected chi connectivity index (χ2v) is 6.51. The molecule has 2 rings (SSSR count). The quantitative estimate of drug-likeness (QED) is 0.882. The highest BCUT2D eigenvalue weighted by molar-refractivity contribution is 9.10. The number of benzene rings is 2. The second-order valence-electron chi connectivity index (χ2n) is 3.91. The monoisotopic (exact) mass is 355 g/mol. The molecule has 0 aliphatic carbocycles. The summed E-state index contributed by atoms with van der Waals surface area (Å²) in [6.07, 6.45) is 0. The Morgan fingerprint density at radius 1 is 1.10 bits per heavy atom. The Morgan fingerprint density at radius 3 is 2.45 bits per heavy atom. The molecule has 20 heavy (non-hydrogen) atoms. The average Bonchev–Trinajstić information content (AvgIpc) is 2.38. The molecule has 2 N–H and O–H groups in total. The van der Waals surface area contributed by atoms with Crippen molar-refractivity contribution in [3.63, 3.8) is 0 Å². The van der Waals surface area contributed by atoms with E-state index >= 15 is 0 Å². The summed E-state index contributed by atoms with van der Waals surface area (Å²) in [5.41, 5.74) is -0.0777. The first-order chi connectivity index (χ1) is 9.40. The van der Waals surface area contributed by atoms with Crippen LogP contribution in [0.2, 0.25) is 0 Å². The molecule has 0 amide bonds. The standard InChI is InChI=1S/C13H10BrNO4S/c14-9-4-3-5-10(8-9)20(18,19)15-12-7-2-1-6-11(12)13(16)17/h1-8,15H,(H,16,17). The molecule has 7 heteroatoms. The largest absolute Gasteiger partial charge is 0.478 e. The van der Waals surface area contributed by atoms with Crippen molar-refractivity contribution < 1.29 is 18.3 Å². The molecule has 0 heterocycles. The number of carboxylic acid groups (broad SMARTS) is 1. The van der Waals surface area contributed by atoms with E-state index in [0.717, 1.165) is 0 Å². The molecule has 5 nitrogen and oxygen atoms in total. The Balaban J connectivity index is 2.41. The maximum absolute atomic E-state index is 12.2. The fourth-order valence-electron chi connectivity index (χ4n) is 1.60. The van der Waals surface area contributed by atoms with Crippen molar-refractivity contribution >= 4 is 37.6 Å². The summed E-state index contributed by atoms with van der Waals surface area (Å²) in [5.74, 6) is -1.20. The van der Waals surface area contributed by atoms with E-state index in [4.69, 9.17) is 5.11 Å². The number of halogens is 1. The van der Waals surface area contributed by atoms with Crippen LogP contribution < -0.4 is 4.72 Å². The first-order valence-electron chi connectivity index (χ1n) is 5.51. The predicted molar refractivity (Wildman–Crippen MR) is 78.4 cm³/mol. The molecule has 0 unspecified atom stereocenters. The molecular weight excluding hydrogens is 346 g/mol. The summed E-state index contributed by atoms with van der Waals surface area (Å²) in [4.78, 5) is 11.1. The van der Waals surface area contributed by atoms with Gasteiger partial charge in [-0.3, -0.25) is 4.72 Å². The number of aromatic carboxylic acids is 1. The third-order valence-electron chi connectivity index (χ3n) is 2.51. The Labute approximate surface area is 124 Å². The van der Waals surface area contributed by atoms with Crippen LogP contribution in [-0.4, -0.2) is 19.5 Å². The molecule has 0 fully saturated rings. The van der Waals surface area contributed by atoms with Gasteiger partial charge in [-0.05, 0) is 30.3 Å². The molecule has 0 saturated heterocycles. The zero-order valence-electron chi connectivity index (χ0n) is 10.1. The van der Waals surface area contributed by atoms with E-state index in [-0.39, 0.29) is 16.1 Å². The van der Waals surface area contributed by atoms with Gasteiger partial charge in [0, 0.05) is 4.47 Å². The van der Waals surface area contributed by atoms with Gasteiger partial charge in [0.25, 0.3) is 10.0 Å². The summed E-state index contributed by atoms with van der Waals surface area (Å²) in [6.45, 7) is 0. The lowest BCUT2D eigenvalue weighted by atomic mass is 10.2. The summed E-state index contributed by atoms with van der Waals surface area (Å²) in [6, 6.07) is 12.0. The molecule has 0 radical (unpaired) electrons. The Kier molecular flexibility index (Phi) is 4.10. The van der Waals surface area contributed by atoms with Crippen LogP contribution in [0.1, 0.15) is 10.4 Å². The van der Waals surface area contributed by atoms with E-state index in [1.807, 2.05) is 0 Å². The smallest absolute Gasteiger partial charge is 0.337 e. The first kappa shape index (κ1) is 14.5. The molecule has 0 aliphatic rings. The topological polar surface area (TPSA) is 83.5 Å². The van der Waals surface area contributed by atoms with Crippen LogP contribution in [-0.2, 0) is 10.0 Å². The number of para-hydroxylation sites is 1. The van der Waals surface area contributed by atoms with Crippen molar-refractivity contribution in [1.29, 1.82) is 0 Å². The zero-order chi connectivity index (χ0) is 14.8. The van der Waals surface area contributed by atoms with Gasteiger partial charge in [0.05, 0.1) is 16.1 Å². The van der Waals surface area contributed by atoms with Gasteiger partial charge < -0.3 is 5.11 Å². The predicted octanol–water partition coefficient (Wildman–Crippen LogP) is 2.95. The second kappa shape index (κ2) is 5.64. The lowest BCUT2D eigenvalue weighted by Crippen LogP contribution is -2.15. The number of anilines is 1. The SMILES string of the molecule is O=C(O)c1ccccc1NS(=O)(=O)c1cccc(Br)c1. The Morgan fingerprint density at radius 2 is 1.80 bits per heavy atom. The minimum absolute atomic E-state index is 0.0278. The van der Waals surface area contributed by atoms with Crippen molar-refractivity contribution in [2.45, 2.75) is 4.90 Å². The highest BCUT2D eigenvalue weighted by atomic mass is 79.9. The van der Waals surface area contributed by atoms with Gasteiger partial charge in [-0.2, -0.15) is 0 Å². The maximum Gasteiger partial charge on any atom is 0.337 e.